The molecule has 100 valence electrons. The van der Waals surface area contributed by atoms with Crippen molar-refractivity contribution in [1.29, 1.82) is 0 Å². The van der Waals surface area contributed by atoms with Gasteiger partial charge in [-0.2, -0.15) is 0 Å². The average Bonchev–Trinajstić information content (AvgIpc) is 2.98. The van der Waals surface area contributed by atoms with Crippen molar-refractivity contribution in [3.63, 3.8) is 0 Å². The van der Waals surface area contributed by atoms with Crippen molar-refractivity contribution in [2.24, 2.45) is 5.73 Å². The van der Waals surface area contributed by atoms with E-state index in [-0.39, 0.29) is 11.0 Å². The third-order valence-electron chi connectivity index (χ3n) is 3.84. The second kappa shape index (κ2) is 4.58. The van der Waals surface area contributed by atoms with E-state index < -0.39 is 0 Å². The number of nitrogens with two attached hydrogens (primary N) is 1. The Morgan fingerprint density at radius 1 is 1.28 bits per heavy atom. The zero-order valence-corrected chi connectivity index (χ0v) is 12.0. The molecule has 0 aliphatic heterocycles. The molecule has 18 heavy (non-hydrogen) atoms. The van der Waals surface area contributed by atoms with Gasteiger partial charge in [-0.05, 0) is 48.8 Å². The maximum atomic E-state index is 6.07. The summed E-state index contributed by atoms with van der Waals surface area (Å²) < 4.78 is 5.91. The van der Waals surface area contributed by atoms with Gasteiger partial charge in [0, 0.05) is 5.54 Å². The molecule has 2 rings (SSSR count). The van der Waals surface area contributed by atoms with Crippen molar-refractivity contribution in [2.75, 3.05) is 6.61 Å². The highest BCUT2D eigenvalue weighted by Crippen LogP contribution is 2.36. The van der Waals surface area contributed by atoms with E-state index in [1.54, 1.807) is 0 Å². The predicted octanol–water partition coefficient (Wildman–Crippen LogP) is 3.55. The van der Waals surface area contributed by atoms with Gasteiger partial charge in [0.15, 0.2) is 0 Å². The van der Waals surface area contributed by atoms with Crippen molar-refractivity contribution < 1.29 is 4.74 Å². The topological polar surface area (TPSA) is 35.2 Å². The van der Waals surface area contributed by atoms with Crippen LogP contribution >= 0.6 is 0 Å². The van der Waals surface area contributed by atoms with Crippen molar-refractivity contribution in [3.05, 3.63) is 29.3 Å². The Kier molecular flexibility index (Phi) is 3.41. The van der Waals surface area contributed by atoms with E-state index >= 15 is 0 Å². The lowest BCUT2D eigenvalue weighted by molar-refractivity contribution is 0.291. The highest BCUT2D eigenvalue weighted by molar-refractivity contribution is 5.42. The van der Waals surface area contributed by atoms with E-state index in [0.717, 1.165) is 31.6 Å². The van der Waals surface area contributed by atoms with Crippen LogP contribution in [0.3, 0.4) is 0 Å². The predicted molar refractivity (Wildman–Crippen MR) is 76.1 cm³/mol. The van der Waals surface area contributed by atoms with Crippen LogP contribution in [0.2, 0.25) is 0 Å². The molecule has 2 nitrogen and oxygen atoms in total. The minimum absolute atomic E-state index is 0.0789. The summed E-state index contributed by atoms with van der Waals surface area (Å²) in [6, 6.07) is 6.33. The first kappa shape index (κ1) is 13.4. The summed E-state index contributed by atoms with van der Waals surface area (Å²) >= 11 is 0. The molecule has 1 aromatic carbocycles. The third kappa shape index (κ3) is 3.05. The molecule has 1 aliphatic carbocycles. The zero-order chi connectivity index (χ0) is 13.4. The Balaban J connectivity index is 2.04. The highest BCUT2D eigenvalue weighted by Gasteiger charge is 2.37. The number of rotatable bonds is 4. The van der Waals surface area contributed by atoms with Crippen molar-refractivity contribution in [2.45, 2.75) is 57.9 Å². The van der Waals surface area contributed by atoms with Crippen LogP contribution in [0.4, 0.5) is 0 Å². The van der Waals surface area contributed by atoms with Gasteiger partial charge in [-0.15, -0.1) is 0 Å². The lowest BCUT2D eigenvalue weighted by atomic mass is 9.84. The van der Waals surface area contributed by atoms with Crippen molar-refractivity contribution in [3.8, 4) is 5.75 Å². The Morgan fingerprint density at radius 2 is 1.94 bits per heavy atom. The molecule has 2 heteroatoms. The minimum atomic E-state index is 0.0789. The molecule has 1 fully saturated rings. The summed E-state index contributed by atoms with van der Waals surface area (Å²) in [6.45, 7) is 9.57. The molecule has 2 N–H and O–H groups in total. The molecule has 0 heterocycles. The fourth-order valence-electron chi connectivity index (χ4n) is 2.36. The molecule has 1 saturated carbocycles. The van der Waals surface area contributed by atoms with E-state index in [1.165, 1.54) is 11.1 Å². The first-order chi connectivity index (χ1) is 8.32. The summed E-state index contributed by atoms with van der Waals surface area (Å²) in [5, 5.41) is 0. The zero-order valence-electron chi connectivity index (χ0n) is 12.0. The molecule has 1 aromatic rings. The van der Waals surface area contributed by atoms with E-state index in [0.29, 0.717) is 0 Å². The van der Waals surface area contributed by atoms with Crippen LogP contribution in [0, 0.1) is 6.92 Å². The van der Waals surface area contributed by atoms with Crippen LogP contribution in [0.15, 0.2) is 18.2 Å². The summed E-state index contributed by atoms with van der Waals surface area (Å²) in [4.78, 5) is 0. The maximum absolute atomic E-state index is 6.07. The quantitative estimate of drug-likeness (QED) is 0.883. The van der Waals surface area contributed by atoms with Gasteiger partial charge in [0.1, 0.15) is 5.75 Å². The lowest BCUT2D eigenvalue weighted by Gasteiger charge is -2.23. The molecule has 0 unspecified atom stereocenters. The van der Waals surface area contributed by atoms with Crippen LogP contribution in [0.1, 0.15) is 51.2 Å². The number of hydrogen-bond acceptors (Lipinski definition) is 2. The summed E-state index contributed by atoms with van der Waals surface area (Å²) in [5.41, 5.74) is 8.92. The maximum Gasteiger partial charge on any atom is 0.122 e. The van der Waals surface area contributed by atoms with Crippen LogP contribution in [-0.2, 0) is 5.41 Å². The van der Waals surface area contributed by atoms with Crippen LogP contribution in [0.5, 0.6) is 5.75 Å². The van der Waals surface area contributed by atoms with Crippen LogP contribution < -0.4 is 10.5 Å². The third-order valence-corrected chi connectivity index (χ3v) is 3.84. The first-order valence-electron chi connectivity index (χ1n) is 6.84. The van der Waals surface area contributed by atoms with E-state index in [4.69, 9.17) is 10.5 Å². The van der Waals surface area contributed by atoms with Gasteiger partial charge in [0.2, 0.25) is 0 Å². The van der Waals surface area contributed by atoms with Gasteiger partial charge in [-0.3, -0.25) is 0 Å². The van der Waals surface area contributed by atoms with Crippen molar-refractivity contribution >= 4 is 0 Å². The standard InChI is InChI=1S/C16H25NO/c1-12-13(15(2,3)4)6-5-7-14(12)18-11-10-16(17)8-9-16/h5-7H,8-11,17H2,1-4H3. The van der Waals surface area contributed by atoms with Gasteiger partial charge >= 0.3 is 0 Å². The van der Waals surface area contributed by atoms with Crippen LogP contribution in [0.25, 0.3) is 0 Å². The number of hydrogen-bond donors (Lipinski definition) is 1. The highest BCUT2D eigenvalue weighted by atomic mass is 16.5. The van der Waals surface area contributed by atoms with Gasteiger partial charge in [-0.1, -0.05) is 32.9 Å². The molecule has 0 saturated heterocycles. The minimum Gasteiger partial charge on any atom is -0.493 e. The molecule has 0 aromatic heterocycles. The molecule has 0 radical (unpaired) electrons. The lowest BCUT2D eigenvalue weighted by Crippen LogP contribution is -2.24. The van der Waals surface area contributed by atoms with Crippen molar-refractivity contribution in [1.82, 2.24) is 0 Å². The molecular formula is C16H25NO. The smallest absolute Gasteiger partial charge is 0.122 e. The fourth-order valence-corrected chi connectivity index (χ4v) is 2.36. The van der Waals surface area contributed by atoms with Gasteiger partial charge in [0.25, 0.3) is 0 Å². The number of benzene rings is 1. The molecule has 0 atom stereocenters. The summed E-state index contributed by atoms with van der Waals surface area (Å²) in [6.07, 6.45) is 3.26. The second-order valence-corrected chi connectivity index (χ2v) is 6.64. The SMILES string of the molecule is Cc1c(OCCC2(N)CC2)cccc1C(C)(C)C. The fraction of sp³-hybridized carbons (Fsp3) is 0.625. The second-order valence-electron chi connectivity index (χ2n) is 6.64. The Morgan fingerprint density at radius 3 is 2.50 bits per heavy atom. The largest absolute Gasteiger partial charge is 0.493 e. The Hall–Kier alpha value is -1.02. The molecule has 0 bridgehead atoms. The number of ether oxygens (including phenoxy) is 1. The van der Waals surface area contributed by atoms with Gasteiger partial charge < -0.3 is 10.5 Å². The molecule has 0 spiro atoms. The molecular weight excluding hydrogens is 222 g/mol. The van der Waals surface area contributed by atoms with Gasteiger partial charge in [-0.25, -0.2) is 0 Å². The summed E-state index contributed by atoms with van der Waals surface area (Å²) in [5.74, 6) is 1.01. The molecule has 1 aliphatic rings. The monoisotopic (exact) mass is 247 g/mol. The van der Waals surface area contributed by atoms with E-state index in [2.05, 4.69) is 45.9 Å². The Bertz CT molecular complexity index is 427. The molecule has 0 amide bonds. The average molecular weight is 247 g/mol. The first-order valence-corrected chi connectivity index (χ1v) is 6.84. The van der Waals surface area contributed by atoms with E-state index in [1.807, 2.05) is 0 Å². The Labute approximate surface area is 111 Å². The van der Waals surface area contributed by atoms with Crippen LogP contribution in [-0.4, -0.2) is 12.1 Å². The normalized spacial score (nSPS) is 17.6. The van der Waals surface area contributed by atoms with Gasteiger partial charge in [0.05, 0.1) is 6.61 Å². The van der Waals surface area contributed by atoms with E-state index in [9.17, 15) is 0 Å². The summed E-state index contributed by atoms with van der Waals surface area (Å²) in [7, 11) is 0.